The second kappa shape index (κ2) is 7.17. The average molecular weight is 304 g/mol. The molecule has 1 amide bonds. The molecule has 0 aliphatic rings. The second-order valence-corrected chi connectivity index (χ2v) is 5.79. The first-order valence-electron chi connectivity index (χ1n) is 7.02. The van der Waals surface area contributed by atoms with Crippen molar-refractivity contribution in [2.75, 3.05) is 11.9 Å². The van der Waals surface area contributed by atoms with E-state index in [0.717, 1.165) is 29.4 Å². The number of carbonyl (C=O) groups is 1. The van der Waals surface area contributed by atoms with Crippen molar-refractivity contribution in [3.8, 4) is 0 Å². The van der Waals surface area contributed by atoms with E-state index in [1.165, 1.54) is 11.3 Å². The van der Waals surface area contributed by atoms with Crippen LogP contribution in [-0.2, 0) is 0 Å². The van der Waals surface area contributed by atoms with E-state index in [4.69, 9.17) is 0 Å². The fourth-order valence-electron chi connectivity index (χ4n) is 1.93. The van der Waals surface area contributed by atoms with Crippen molar-refractivity contribution in [1.82, 2.24) is 15.3 Å². The molecule has 0 aliphatic carbocycles. The molecule has 2 heterocycles. The molecule has 2 aromatic heterocycles. The number of pyridine rings is 1. The summed E-state index contributed by atoms with van der Waals surface area (Å²) in [5.41, 5.74) is 2.28. The van der Waals surface area contributed by atoms with Gasteiger partial charge in [0.25, 0.3) is 5.91 Å². The van der Waals surface area contributed by atoms with Gasteiger partial charge in [0.2, 0.25) is 0 Å². The average Bonchev–Trinajstić information content (AvgIpc) is 2.99. The van der Waals surface area contributed by atoms with E-state index in [1.807, 2.05) is 25.3 Å². The Kier molecular flexibility index (Phi) is 5.27. The van der Waals surface area contributed by atoms with Crippen LogP contribution < -0.4 is 10.6 Å². The number of hydrogen-bond acceptors (Lipinski definition) is 5. The van der Waals surface area contributed by atoms with Crippen LogP contribution in [0, 0.1) is 6.92 Å². The molecule has 0 saturated heterocycles. The van der Waals surface area contributed by atoms with E-state index in [9.17, 15) is 4.79 Å². The van der Waals surface area contributed by atoms with E-state index < -0.39 is 0 Å². The Bertz CT molecular complexity index is 598. The highest BCUT2D eigenvalue weighted by molar-refractivity contribution is 7.09. The van der Waals surface area contributed by atoms with Gasteiger partial charge in [-0.1, -0.05) is 6.92 Å². The highest BCUT2D eigenvalue weighted by Gasteiger charge is 2.16. The molecule has 5 nitrogen and oxygen atoms in total. The molecular formula is C15H20N4OS. The third-order valence-electron chi connectivity index (χ3n) is 3.02. The van der Waals surface area contributed by atoms with Crippen molar-refractivity contribution in [3.63, 3.8) is 0 Å². The number of thiazole rings is 1. The van der Waals surface area contributed by atoms with Crippen LogP contribution in [0.15, 0.2) is 23.8 Å². The zero-order chi connectivity index (χ0) is 15.2. The minimum Gasteiger partial charge on any atom is -0.384 e. The molecule has 2 aromatic rings. The number of nitrogens with one attached hydrogen (secondary N) is 2. The van der Waals surface area contributed by atoms with E-state index in [-0.39, 0.29) is 11.9 Å². The number of hydrogen-bond donors (Lipinski definition) is 2. The van der Waals surface area contributed by atoms with Gasteiger partial charge in [-0.25, -0.2) is 4.98 Å². The number of nitrogens with zero attached hydrogens (tertiary/aromatic N) is 2. The molecule has 0 bridgehead atoms. The van der Waals surface area contributed by atoms with Crippen LogP contribution in [-0.4, -0.2) is 22.4 Å². The largest absolute Gasteiger partial charge is 0.384 e. The number of aryl methyl sites for hydroxylation is 1. The molecule has 1 atom stereocenters. The zero-order valence-corrected chi connectivity index (χ0v) is 13.3. The van der Waals surface area contributed by atoms with Gasteiger partial charge in [0.15, 0.2) is 0 Å². The molecular weight excluding hydrogens is 284 g/mol. The zero-order valence-electron chi connectivity index (χ0n) is 12.5. The lowest BCUT2D eigenvalue weighted by molar-refractivity contribution is 0.0940. The van der Waals surface area contributed by atoms with Crippen molar-refractivity contribution < 1.29 is 4.79 Å². The van der Waals surface area contributed by atoms with Crippen molar-refractivity contribution in [1.29, 1.82) is 0 Å². The Balaban J connectivity index is 2.14. The van der Waals surface area contributed by atoms with Crippen molar-refractivity contribution in [2.24, 2.45) is 0 Å². The van der Waals surface area contributed by atoms with Crippen molar-refractivity contribution >= 4 is 22.9 Å². The molecule has 0 fully saturated rings. The summed E-state index contributed by atoms with van der Waals surface area (Å²) in [5.74, 6) is -0.135. The fraction of sp³-hybridized carbons (Fsp3) is 0.400. The maximum absolute atomic E-state index is 12.4. The summed E-state index contributed by atoms with van der Waals surface area (Å²) < 4.78 is 0. The van der Waals surface area contributed by atoms with E-state index >= 15 is 0 Å². The van der Waals surface area contributed by atoms with E-state index in [1.54, 1.807) is 12.4 Å². The van der Waals surface area contributed by atoms with Gasteiger partial charge in [-0.2, -0.15) is 0 Å². The van der Waals surface area contributed by atoms with Crippen LogP contribution in [0.1, 0.15) is 47.4 Å². The summed E-state index contributed by atoms with van der Waals surface area (Å²) in [7, 11) is 0. The number of carbonyl (C=O) groups excluding carboxylic acids is 1. The molecule has 21 heavy (non-hydrogen) atoms. The second-order valence-electron chi connectivity index (χ2n) is 4.86. The summed E-state index contributed by atoms with van der Waals surface area (Å²) in [5, 5.41) is 9.04. The summed E-state index contributed by atoms with van der Waals surface area (Å²) in [4.78, 5) is 20.9. The van der Waals surface area contributed by atoms with Crippen molar-refractivity contribution in [3.05, 3.63) is 40.1 Å². The third-order valence-corrected chi connectivity index (χ3v) is 3.98. The lowest BCUT2D eigenvalue weighted by Crippen LogP contribution is -2.27. The number of aromatic nitrogens is 2. The lowest BCUT2D eigenvalue weighted by Gasteiger charge is -2.15. The predicted molar refractivity (Wildman–Crippen MR) is 85.7 cm³/mol. The molecule has 0 saturated carbocycles. The Hall–Kier alpha value is -1.95. The van der Waals surface area contributed by atoms with E-state index in [2.05, 4.69) is 27.5 Å². The van der Waals surface area contributed by atoms with Gasteiger partial charge < -0.3 is 10.6 Å². The number of amides is 1. The van der Waals surface area contributed by atoms with Crippen LogP contribution in [0.25, 0.3) is 0 Å². The third kappa shape index (κ3) is 4.01. The topological polar surface area (TPSA) is 66.9 Å². The maximum atomic E-state index is 12.4. The van der Waals surface area contributed by atoms with Crippen LogP contribution in [0.2, 0.25) is 0 Å². The number of rotatable bonds is 6. The van der Waals surface area contributed by atoms with Crippen LogP contribution in [0.4, 0.5) is 5.69 Å². The lowest BCUT2D eigenvalue weighted by atomic mass is 10.1. The SMILES string of the molecule is CCCNc1cc(C)ncc1C(=O)NC(C)c1nccs1. The van der Waals surface area contributed by atoms with Crippen LogP contribution >= 0.6 is 11.3 Å². The van der Waals surface area contributed by atoms with Gasteiger partial charge in [0.05, 0.1) is 17.3 Å². The molecule has 112 valence electrons. The Morgan fingerprint density at radius 3 is 2.90 bits per heavy atom. The molecule has 1 unspecified atom stereocenters. The van der Waals surface area contributed by atoms with Gasteiger partial charge in [0.1, 0.15) is 5.01 Å². The van der Waals surface area contributed by atoms with Gasteiger partial charge in [-0.15, -0.1) is 11.3 Å². The molecule has 2 rings (SSSR count). The van der Waals surface area contributed by atoms with Gasteiger partial charge in [0, 0.05) is 30.0 Å². The molecule has 0 aliphatic heterocycles. The predicted octanol–water partition coefficient (Wildman–Crippen LogP) is 3.16. The first-order chi connectivity index (χ1) is 10.1. The monoisotopic (exact) mass is 304 g/mol. The standard InChI is InChI=1S/C15H20N4OS/c1-4-5-16-13-8-10(2)18-9-12(13)14(20)19-11(3)15-17-6-7-21-15/h6-9,11H,4-5H2,1-3H3,(H,16,18)(H,19,20). The molecule has 0 aromatic carbocycles. The molecule has 2 N–H and O–H groups in total. The summed E-state index contributed by atoms with van der Waals surface area (Å²) >= 11 is 1.53. The Morgan fingerprint density at radius 2 is 2.24 bits per heavy atom. The van der Waals surface area contributed by atoms with Gasteiger partial charge in [-0.3, -0.25) is 9.78 Å². The summed E-state index contributed by atoms with van der Waals surface area (Å²) in [6.45, 7) is 6.76. The van der Waals surface area contributed by atoms with Gasteiger partial charge >= 0.3 is 0 Å². The molecule has 6 heteroatoms. The molecule has 0 spiro atoms. The van der Waals surface area contributed by atoms with Crippen LogP contribution in [0.5, 0.6) is 0 Å². The smallest absolute Gasteiger partial charge is 0.255 e. The normalized spacial score (nSPS) is 12.0. The summed E-state index contributed by atoms with van der Waals surface area (Å²) in [6.07, 6.45) is 4.36. The summed E-state index contributed by atoms with van der Waals surface area (Å²) in [6, 6.07) is 1.79. The Morgan fingerprint density at radius 1 is 1.43 bits per heavy atom. The van der Waals surface area contributed by atoms with E-state index in [0.29, 0.717) is 5.56 Å². The maximum Gasteiger partial charge on any atom is 0.255 e. The van der Waals surface area contributed by atoms with Crippen molar-refractivity contribution in [2.45, 2.75) is 33.2 Å². The minimum atomic E-state index is -0.135. The van der Waals surface area contributed by atoms with Crippen LogP contribution in [0.3, 0.4) is 0 Å². The number of anilines is 1. The first-order valence-corrected chi connectivity index (χ1v) is 7.90. The highest BCUT2D eigenvalue weighted by atomic mass is 32.1. The Labute approximate surface area is 128 Å². The minimum absolute atomic E-state index is 0.113. The fourth-order valence-corrected chi connectivity index (χ4v) is 2.58. The van der Waals surface area contributed by atoms with Gasteiger partial charge in [-0.05, 0) is 26.3 Å². The quantitative estimate of drug-likeness (QED) is 0.860. The first kappa shape index (κ1) is 15.4. The molecule has 0 radical (unpaired) electrons. The highest BCUT2D eigenvalue weighted by Crippen LogP contribution is 2.19.